The van der Waals surface area contributed by atoms with Gasteiger partial charge in [-0.05, 0) is 114 Å². The van der Waals surface area contributed by atoms with Crippen molar-refractivity contribution >= 4 is 41.7 Å². The summed E-state index contributed by atoms with van der Waals surface area (Å²) in [5.74, 6) is -1.06. The Morgan fingerprint density at radius 1 is 0.694 bits per heavy atom. The summed E-state index contributed by atoms with van der Waals surface area (Å²) >= 11 is 0. The summed E-state index contributed by atoms with van der Waals surface area (Å²) in [4.78, 5) is 96.4. The molecule has 19 nitrogen and oxygen atoms in total. The van der Waals surface area contributed by atoms with Crippen LogP contribution in [0.3, 0.4) is 0 Å². The van der Waals surface area contributed by atoms with Gasteiger partial charge in [-0.2, -0.15) is 0 Å². The van der Waals surface area contributed by atoms with Gasteiger partial charge in [0.2, 0.25) is 35.4 Å². The fraction of sp³-hybridized carbons (Fsp3) is 0.755. The van der Waals surface area contributed by atoms with Crippen LogP contribution >= 0.6 is 0 Å². The van der Waals surface area contributed by atoms with Gasteiger partial charge in [0, 0.05) is 45.6 Å². The summed E-state index contributed by atoms with van der Waals surface area (Å²) in [6, 6.07) is 1.60. The number of hydrogen-bond donors (Lipinski definition) is 10. The molecule has 72 heavy (non-hydrogen) atoms. The first-order chi connectivity index (χ1) is 34.6. The van der Waals surface area contributed by atoms with E-state index in [-0.39, 0.29) is 55.7 Å². The zero-order chi connectivity index (χ0) is 53.4. The molecule has 0 aliphatic carbocycles. The van der Waals surface area contributed by atoms with Crippen LogP contribution in [0.2, 0.25) is 0 Å². The lowest BCUT2D eigenvalue weighted by atomic mass is 9.91. The van der Waals surface area contributed by atoms with Crippen molar-refractivity contribution in [3.8, 4) is 5.75 Å². The van der Waals surface area contributed by atoms with Crippen LogP contribution in [0.5, 0.6) is 5.75 Å². The molecule has 6 amide bonds. The molecule has 2 fully saturated rings. The van der Waals surface area contributed by atoms with Crippen LogP contribution in [0.25, 0.3) is 0 Å². The standard InChI is InChI=1S/C51H86N8O9.C2H8N2/c1-6-35(3)31-36(4)17-12-10-8-9-11-13-21-46(63)55-44(48(65)56-41(7-2)50(67)58-29-15-18-38(58)34-60)32-40(62)33-54-49(66)45-20-16-30-59(45)51(68)43(19-14-28-52)57-47(64)42(53-5)27-24-37-22-25-39(61)26-23-37;3-1-2-4/h22-23,25-26,34-36,38,40-45,53,61-62H,6-21,24,27-33,52H2,1-5H3,(H,54,66)(H,55,63)(H,56,65)(H,57,64);1-4H2/t35?,36?,38?,40-,41?,42?,43?,44+,45?;/m1./s1. The molecule has 9 atom stereocenters. The lowest BCUT2D eigenvalue weighted by Crippen LogP contribution is -2.57. The topological polar surface area (TPSA) is 305 Å². The van der Waals surface area contributed by atoms with E-state index >= 15 is 0 Å². The zero-order valence-electron chi connectivity index (χ0n) is 44.3. The van der Waals surface area contributed by atoms with E-state index in [1.165, 1.54) is 35.5 Å². The lowest BCUT2D eigenvalue weighted by Gasteiger charge is -2.30. The quantitative estimate of drug-likeness (QED) is 0.0351. The fourth-order valence-corrected chi connectivity index (χ4v) is 9.40. The maximum absolute atomic E-state index is 14.0. The average molecular weight is 1020 g/mol. The molecule has 0 saturated carbocycles. The number of aryl methyl sites for hydroxylation is 1. The predicted molar refractivity (Wildman–Crippen MR) is 281 cm³/mol. The van der Waals surface area contributed by atoms with Crippen molar-refractivity contribution in [3.05, 3.63) is 29.8 Å². The highest BCUT2D eigenvalue weighted by atomic mass is 16.3. The van der Waals surface area contributed by atoms with Crippen molar-refractivity contribution < 1.29 is 43.8 Å². The highest BCUT2D eigenvalue weighted by Crippen LogP contribution is 2.23. The van der Waals surface area contributed by atoms with Gasteiger partial charge in [0.25, 0.3) is 0 Å². The molecule has 1 aromatic rings. The van der Waals surface area contributed by atoms with Gasteiger partial charge in [0.05, 0.1) is 18.2 Å². The Bertz CT molecular complexity index is 1750. The summed E-state index contributed by atoms with van der Waals surface area (Å²) in [7, 11) is 1.67. The minimum absolute atomic E-state index is 0.149. The van der Waals surface area contributed by atoms with Crippen LogP contribution in [0.15, 0.2) is 24.3 Å². The van der Waals surface area contributed by atoms with Crippen LogP contribution in [0, 0.1) is 11.8 Å². The third-order valence-electron chi connectivity index (χ3n) is 13.9. The molecular formula is C53H94N10O9. The van der Waals surface area contributed by atoms with Gasteiger partial charge in [-0.3, -0.25) is 28.8 Å². The highest BCUT2D eigenvalue weighted by Gasteiger charge is 2.39. The number of rotatable bonds is 34. The first-order valence-corrected chi connectivity index (χ1v) is 27.0. The normalized spacial score (nSPS) is 18.3. The van der Waals surface area contributed by atoms with Crippen LogP contribution in [-0.4, -0.2) is 150 Å². The van der Waals surface area contributed by atoms with Gasteiger partial charge in [0.15, 0.2) is 0 Å². The number of nitrogens with one attached hydrogen (secondary N) is 5. The molecule has 13 N–H and O–H groups in total. The van der Waals surface area contributed by atoms with Crippen LogP contribution in [0.1, 0.15) is 155 Å². The fourth-order valence-electron chi connectivity index (χ4n) is 9.40. The number of carbonyl (C=O) groups excluding carboxylic acids is 7. The van der Waals surface area contributed by atoms with E-state index in [1.807, 2.05) is 0 Å². The molecule has 1 aromatic carbocycles. The van der Waals surface area contributed by atoms with Gasteiger partial charge >= 0.3 is 0 Å². The molecule has 2 aliphatic heterocycles. The van der Waals surface area contributed by atoms with E-state index in [0.717, 1.165) is 49.4 Å². The minimum atomic E-state index is -1.29. The number of nitrogens with zero attached hydrogens (tertiary/aromatic N) is 2. The number of likely N-dealkylation sites (tertiary alicyclic amines) is 2. The summed E-state index contributed by atoms with van der Waals surface area (Å²) in [5, 5.41) is 35.1. The SMILES string of the molecule is CCC(C)CC(C)CCCCCCCCC(=O)N[C@@H](C[C@@H](O)CNC(=O)C1CCCN1C(=O)C(CCCN)NC(=O)C(CCc1ccc(O)cc1)NC)C(=O)NC(CC)C(=O)N1CCCC1C=O.NCCN. The van der Waals surface area contributed by atoms with Gasteiger partial charge in [-0.1, -0.05) is 84.8 Å². The number of aliphatic hydroxyl groups is 1. The van der Waals surface area contributed by atoms with Crippen LogP contribution < -0.4 is 43.8 Å². The number of hydrogen-bond acceptors (Lipinski definition) is 13. The number of amides is 6. The van der Waals surface area contributed by atoms with Gasteiger partial charge < -0.3 is 68.6 Å². The molecule has 19 heteroatoms. The second-order valence-corrected chi connectivity index (χ2v) is 19.9. The predicted octanol–water partition coefficient (Wildman–Crippen LogP) is 2.66. The molecule has 2 heterocycles. The molecule has 2 saturated heterocycles. The summed E-state index contributed by atoms with van der Waals surface area (Å²) < 4.78 is 0. The molecular weight excluding hydrogens is 921 g/mol. The summed E-state index contributed by atoms with van der Waals surface area (Å²) in [6.45, 7) is 10.5. The Kier molecular flexibility index (Phi) is 31.9. The summed E-state index contributed by atoms with van der Waals surface area (Å²) in [5.41, 5.74) is 16.6. The van der Waals surface area contributed by atoms with Crippen molar-refractivity contribution in [2.75, 3.05) is 46.3 Å². The Morgan fingerprint density at radius 3 is 1.93 bits per heavy atom. The van der Waals surface area contributed by atoms with Crippen molar-refractivity contribution in [3.63, 3.8) is 0 Å². The average Bonchev–Trinajstić information content (AvgIpc) is 4.08. The van der Waals surface area contributed by atoms with Crippen molar-refractivity contribution in [2.45, 2.75) is 198 Å². The lowest BCUT2D eigenvalue weighted by molar-refractivity contribution is -0.142. The Labute approximate surface area is 430 Å². The van der Waals surface area contributed by atoms with E-state index in [4.69, 9.17) is 17.2 Å². The van der Waals surface area contributed by atoms with Gasteiger partial charge in [0.1, 0.15) is 36.2 Å². The second kappa shape index (κ2) is 36.3. The number of phenols is 1. The molecule has 2 aliphatic rings. The number of phenolic OH excluding ortho intramolecular Hbond substituents is 1. The molecule has 0 aromatic heterocycles. The number of aromatic hydroxyl groups is 1. The minimum Gasteiger partial charge on any atom is -0.508 e. The number of carbonyl (C=O) groups is 7. The molecule has 7 unspecified atom stereocenters. The Hall–Kier alpha value is -4.69. The number of unbranched alkanes of at least 4 members (excludes halogenated alkanes) is 5. The maximum atomic E-state index is 14.0. The largest absolute Gasteiger partial charge is 0.508 e. The zero-order valence-corrected chi connectivity index (χ0v) is 44.3. The molecule has 0 bridgehead atoms. The van der Waals surface area contributed by atoms with Gasteiger partial charge in [-0.25, -0.2) is 0 Å². The first kappa shape index (κ1) is 63.4. The molecule has 0 spiro atoms. The summed E-state index contributed by atoms with van der Waals surface area (Å²) in [6.07, 6.45) is 13.1. The highest BCUT2D eigenvalue weighted by molar-refractivity contribution is 5.94. The maximum Gasteiger partial charge on any atom is 0.245 e. The van der Waals surface area contributed by atoms with Crippen molar-refractivity contribution in [1.29, 1.82) is 0 Å². The molecule has 410 valence electrons. The number of nitrogens with two attached hydrogens (primary N) is 3. The van der Waals surface area contributed by atoms with Crippen LogP contribution in [-0.2, 0) is 40.0 Å². The first-order valence-electron chi connectivity index (χ1n) is 27.0. The number of aliphatic hydroxyl groups excluding tert-OH is 1. The van der Waals surface area contributed by atoms with E-state index in [1.54, 1.807) is 38.2 Å². The van der Waals surface area contributed by atoms with Gasteiger partial charge in [-0.15, -0.1) is 0 Å². The van der Waals surface area contributed by atoms with Crippen molar-refractivity contribution in [2.24, 2.45) is 29.0 Å². The van der Waals surface area contributed by atoms with E-state index in [2.05, 4.69) is 47.4 Å². The third-order valence-corrected chi connectivity index (χ3v) is 13.9. The van der Waals surface area contributed by atoms with E-state index < -0.39 is 60.1 Å². The molecule has 3 rings (SSSR count). The van der Waals surface area contributed by atoms with E-state index in [0.29, 0.717) is 84.1 Å². The Balaban J connectivity index is 0.00000427. The van der Waals surface area contributed by atoms with Crippen LogP contribution in [0.4, 0.5) is 0 Å². The molecule has 0 radical (unpaired) electrons. The number of benzene rings is 1. The van der Waals surface area contributed by atoms with Crippen molar-refractivity contribution in [1.82, 2.24) is 36.4 Å². The second-order valence-electron chi connectivity index (χ2n) is 19.9. The number of aldehydes is 1. The monoisotopic (exact) mass is 1010 g/mol. The smallest absolute Gasteiger partial charge is 0.245 e. The Morgan fingerprint density at radius 2 is 1.31 bits per heavy atom. The number of likely N-dealkylation sites (N-methyl/N-ethyl adjacent to an activating group) is 1. The van der Waals surface area contributed by atoms with E-state index in [9.17, 15) is 43.8 Å². The third kappa shape index (κ3) is 23.5.